The first-order chi connectivity index (χ1) is 11.8. The molecule has 2 aromatic heterocycles. The number of amides is 1. The van der Waals surface area contributed by atoms with Gasteiger partial charge in [0.1, 0.15) is 0 Å². The van der Waals surface area contributed by atoms with Crippen LogP contribution in [0, 0.1) is 0 Å². The second-order valence-corrected chi connectivity index (χ2v) is 6.00. The van der Waals surface area contributed by atoms with Crippen LogP contribution in [0.25, 0.3) is 11.0 Å². The second-order valence-electron chi connectivity index (χ2n) is 6.00. The van der Waals surface area contributed by atoms with Crippen LogP contribution in [0.1, 0.15) is 21.7 Å². The van der Waals surface area contributed by atoms with Gasteiger partial charge >= 0.3 is 6.18 Å². The Morgan fingerprint density at radius 3 is 2.80 bits per heavy atom. The molecule has 4 rings (SSSR count). The van der Waals surface area contributed by atoms with Crippen molar-refractivity contribution >= 4 is 16.9 Å². The number of carbonyl (C=O) groups is 1. The number of para-hydroxylation sites is 1. The molecule has 0 unspecified atom stereocenters. The van der Waals surface area contributed by atoms with Crippen molar-refractivity contribution in [2.24, 2.45) is 7.05 Å². The molecule has 1 aliphatic rings. The third-order valence-electron chi connectivity index (χ3n) is 4.34. The molecule has 0 saturated heterocycles. The number of imidazole rings is 1. The number of fused-ring (bicyclic) bond motifs is 2. The fourth-order valence-electron chi connectivity index (χ4n) is 3.13. The number of aromatic nitrogens is 4. The highest BCUT2D eigenvalue weighted by molar-refractivity contribution is 6.05. The average molecular weight is 349 g/mol. The second kappa shape index (κ2) is 5.33. The summed E-state index contributed by atoms with van der Waals surface area (Å²) in [6.07, 6.45) is -2.86. The van der Waals surface area contributed by atoms with Gasteiger partial charge in [-0.25, -0.2) is 4.98 Å². The number of benzene rings is 1. The zero-order chi connectivity index (χ0) is 17.8. The van der Waals surface area contributed by atoms with Crippen molar-refractivity contribution in [3.05, 3.63) is 47.5 Å². The summed E-state index contributed by atoms with van der Waals surface area (Å²) in [5, 5.41) is 3.58. The van der Waals surface area contributed by atoms with E-state index in [1.807, 2.05) is 6.07 Å². The summed E-state index contributed by atoms with van der Waals surface area (Å²) in [6, 6.07) is 6.27. The molecule has 1 aromatic carbocycles. The lowest BCUT2D eigenvalue weighted by Gasteiger charge is -2.28. The van der Waals surface area contributed by atoms with Crippen LogP contribution in [0.4, 0.5) is 13.2 Å². The quantitative estimate of drug-likeness (QED) is 0.678. The van der Waals surface area contributed by atoms with Crippen molar-refractivity contribution in [2.75, 3.05) is 6.54 Å². The van der Waals surface area contributed by atoms with Gasteiger partial charge in [-0.3, -0.25) is 9.48 Å². The topological polar surface area (TPSA) is 56.0 Å². The molecule has 1 aliphatic heterocycles. The summed E-state index contributed by atoms with van der Waals surface area (Å²) >= 11 is 0. The van der Waals surface area contributed by atoms with Gasteiger partial charge in [-0.05, 0) is 18.2 Å². The summed E-state index contributed by atoms with van der Waals surface area (Å²) in [5.74, 6) is -0.227. The molecule has 0 radical (unpaired) electrons. The number of halogens is 3. The van der Waals surface area contributed by atoms with Crippen molar-refractivity contribution < 1.29 is 18.0 Å². The molecule has 0 bridgehead atoms. The van der Waals surface area contributed by atoms with E-state index in [1.165, 1.54) is 4.68 Å². The highest BCUT2D eigenvalue weighted by Gasteiger charge is 2.36. The van der Waals surface area contributed by atoms with E-state index in [1.54, 1.807) is 35.0 Å². The number of carbonyl (C=O) groups excluding carboxylic acids is 1. The third-order valence-corrected chi connectivity index (χ3v) is 4.34. The Bertz CT molecular complexity index is 972. The van der Waals surface area contributed by atoms with E-state index < -0.39 is 11.9 Å². The number of hydrogen-bond acceptors (Lipinski definition) is 3. The van der Waals surface area contributed by atoms with Crippen LogP contribution in [0.3, 0.4) is 0 Å². The summed E-state index contributed by atoms with van der Waals surface area (Å²) in [5.41, 5.74) is 1.36. The van der Waals surface area contributed by atoms with Gasteiger partial charge in [-0.1, -0.05) is 6.07 Å². The Hall–Kier alpha value is -2.84. The molecule has 6 nitrogen and oxygen atoms in total. The van der Waals surface area contributed by atoms with Crippen LogP contribution in [0.2, 0.25) is 0 Å². The smallest absolute Gasteiger partial charge is 0.333 e. The van der Waals surface area contributed by atoms with Gasteiger partial charge in [0.15, 0.2) is 5.69 Å². The molecule has 0 aliphatic carbocycles. The molecule has 25 heavy (non-hydrogen) atoms. The zero-order valence-corrected chi connectivity index (χ0v) is 13.3. The minimum atomic E-state index is -4.49. The minimum Gasteiger partial charge on any atom is -0.333 e. The van der Waals surface area contributed by atoms with Gasteiger partial charge in [0.2, 0.25) is 0 Å². The van der Waals surface area contributed by atoms with Crippen LogP contribution in [-0.4, -0.2) is 36.7 Å². The first-order valence-electron chi connectivity index (χ1n) is 7.68. The fourth-order valence-corrected chi connectivity index (χ4v) is 3.13. The zero-order valence-electron chi connectivity index (χ0n) is 13.3. The largest absolute Gasteiger partial charge is 0.435 e. The van der Waals surface area contributed by atoms with Crippen molar-refractivity contribution in [1.29, 1.82) is 0 Å². The highest BCUT2D eigenvalue weighted by atomic mass is 19.4. The van der Waals surface area contributed by atoms with Crippen LogP contribution in [-0.2, 0) is 26.3 Å². The van der Waals surface area contributed by atoms with Gasteiger partial charge in [-0.15, -0.1) is 0 Å². The van der Waals surface area contributed by atoms with Gasteiger partial charge in [0.25, 0.3) is 5.91 Å². The van der Waals surface area contributed by atoms with Gasteiger partial charge in [0.05, 0.1) is 41.7 Å². The molecule has 0 fully saturated rings. The lowest BCUT2D eigenvalue weighted by atomic mass is 10.1. The molecule has 9 heteroatoms. The molecule has 0 saturated carbocycles. The van der Waals surface area contributed by atoms with Crippen molar-refractivity contribution in [2.45, 2.75) is 19.3 Å². The number of alkyl halides is 3. The Labute approximate surface area is 140 Å². The summed E-state index contributed by atoms with van der Waals surface area (Å²) < 4.78 is 41.5. The molecule has 1 amide bonds. The van der Waals surface area contributed by atoms with E-state index in [4.69, 9.17) is 0 Å². The summed E-state index contributed by atoms with van der Waals surface area (Å²) in [7, 11) is 1.80. The van der Waals surface area contributed by atoms with Crippen LogP contribution < -0.4 is 0 Å². The number of nitrogens with zero attached hydrogens (tertiary/aromatic N) is 5. The van der Waals surface area contributed by atoms with E-state index in [-0.39, 0.29) is 19.0 Å². The molecule has 0 N–H and O–H groups in total. The maximum atomic E-state index is 12.9. The van der Waals surface area contributed by atoms with E-state index in [0.717, 1.165) is 6.07 Å². The monoisotopic (exact) mass is 349 g/mol. The summed E-state index contributed by atoms with van der Waals surface area (Å²) in [6.45, 7) is 0.633. The van der Waals surface area contributed by atoms with Crippen molar-refractivity contribution in [3.8, 4) is 0 Å². The van der Waals surface area contributed by atoms with Crippen molar-refractivity contribution in [1.82, 2.24) is 24.2 Å². The molecule has 3 heterocycles. The van der Waals surface area contributed by atoms with Crippen LogP contribution in [0.5, 0.6) is 0 Å². The van der Waals surface area contributed by atoms with E-state index in [2.05, 4.69) is 10.1 Å². The first-order valence-corrected chi connectivity index (χ1v) is 7.68. The number of hydrogen-bond donors (Lipinski definition) is 0. The lowest BCUT2D eigenvalue weighted by Crippen LogP contribution is -2.38. The SMILES string of the molecule is Cn1cnc2cccc(C(=O)N3CCn4nc(C(F)(F)F)cc4C3)c21. The van der Waals surface area contributed by atoms with Crippen LogP contribution in [0.15, 0.2) is 30.6 Å². The predicted molar refractivity (Wildman–Crippen MR) is 82.7 cm³/mol. The highest BCUT2D eigenvalue weighted by Crippen LogP contribution is 2.30. The number of aryl methyl sites for hydroxylation is 1. The Kier molecular flexibility index (Phi) is 3.34. The molecule has 0 spiro atoms. The van der Waals surface area contributed by atoms with Gasteiger partial charge in [0, 0.05) is 13.6 Å². The number of rotatable bonds is 1. The molecule has 130 valence electrons. The van der Waals surface area contributed by atoms with Gasteiger partial charge in [-0.2, -0.15) is 18.3 Å². The Morgan fingerprint density at radius 2 is 2.04 bits per heavy atom. The molecule has 3 aromatic rings. The Morgan fingerprint density at radius 1 is 1.24 bits per heavy atom. The standard InChI is InChI=1S/C16H14F3N5O/c1-22-9-20-12-4-2-3-11(14(12)22)15(25)23-5-6-24-10(8-23)7-13(21-24)16(17,18)19/h2-4,7,9H,5-6,8H2,1H3. The van der Waals surface area contributed by atoms with Gasteiger partial charge < -0.3 is 9.47 Å². The fraction of sp³-hybridized carbons (Fsp3) is 0.312. The molecular weight excluding hydrogens is 335 g/mol. The lowest BCUT2D eigenvalue weighted by molar-refractivity contribution is -0.141. The normalized spacial score (nSPS) is 14.8. The Balaban J connectivity index is 1.66. The first kappa shape index (κ1) is 15.7. The average Bonchev–Trinajstić information content (AvgIpc) is 3.17. The van der Waals surface area contributed by atoms with Crippen molar-refractivity contribution in [3.63, 3.8) is 0 Å². The third kappa shape index (κ3) is 2.55. The molecular formula is C16H14F3N5O. The maximum absolute atomic E-state index is 12.9. The van der Waals surface area contributed by atoms with E-state index in [9.17, 15) is 18.0 Å². The predicted octanol–water partition coefficient (Wildman–Crippen LogP) is 2.44. The minimum absolute atomic E-state index is 0.0934. The van der Waals surface area contributed by atoms with E-state index >= 15 is 0 Å². The van der Waals surface area contributed by atoms with Crippen LogP contribution >= 0.6 is 0 Å². The molecule has 0 atom stereocenters. The summed E-state index contributed by atoms with van der Waals surface area (Å²) in [4.78, 5) is 18.7. The van der Waals surface area contributed by atoms with E-state index in [0.29, 0.717) is 28.8 Å². The maximum Gasteiger partial charge on any atom is 0.435 e.